The molecule has 1 heterocycles. The molecule has 1 aromatic carbocycles. The molecule has 0 spiro atoms. The fourth-order valence-electron chi connectivity index (χ4n) is 2.92. The van der Waals surface area contributed by atoms with Crippen molar-refractivity contribution in [3.05, 3.63) is 29.3 Å². The van der Waals surface area contributed by atoms with E-state index < -0.39 is 0 Å². The van der Waals surface area contributed by atoms with Gasteiger partial charge in [0.25, 0.3) is 0 Å². The number of aryl methyl sites for hydroxylation is 1. The molecule has 0 amide bonds. The summed E-state index contributed by atoms with van der Waals surface area (Å²) in [5, 5.41) is 3.72. The first-order chi connectivity index (χ1) is 9.74. The molecule has 20 heavy (non-hydrogen) atoms. The van der Waals surface area contributed by atoms with Crippen LogP contribution in [-0.2, 0) is 12.8 Å². The molecule has 1 N–H and O–H groups in total. The van der Waals surface area contributed by atoms with Crippen LogP contribution < -0.4 is 10.1 Å². The van der Waals surface area contributed by atoms with Gasteiger partial charge in [0.15, 0.2) is 0 Å². The van der Waals surface area contributed by atoms with Crippen LogP contribution in [0.1, 0.15) is 51.2 Å². The van der Waals surface area contributed by atoms with Crippen LogP contribution in [0, 0.1) is 5.92 Å². The van der Waals surface area contributed by atoms with E-state index in [1.807, 2.05) is 0 Å². The molecule has 0 saturated carbocycles. The molecule has 0 aromatic heterocycles. The summed E-state index contributed by atoms with van der Waals surface area (Å²) in [7, 11) is 0. The fourth-order valence-corrected chi connectivity index (χ4v) is 2.92. The van der Waals surface area contributed by atoms with Crippen molar-refractivity contribution in [2.24, 2.45) is 5.92 Å². The smallest absolute Gasteiger partial charge is 0.122 e. The molecular weight excluding hydrogens is 246 g/mol. The lowest BCUT2D eigenvalue weighted by Crippen LogP contribution is -2.35. The SMILES string of the molecule is CCCNC(CCc1ccc2c(c1)CCO2)C(C)CC. The lowest BCUT2D eigenvalue weighted by molar-refractivity contribution is 0.348. The van der Waals surface area contributed by atoms with Gasteiger partial charge < -0.3 is 10.1 Å². The third-order valence-corrected chi connectivity index (χ3v) is 4.49. The topological polar surface area (TPSA) is 21.3 Å². The standard InChI is InChI=1S/C18H29NO/c1-4-11-19-17(14(3)5-2)8-6-15-7-9-18-16(13-15)10-12-20-18/h7,9,13-14,17,19H,4-6,8,10-12H2,1-3H3. The predicted octanol–water partition coefficient (Wildman–Crippen LogP) is 3.97. The Morgan fingerprint density at radius 2 is 2.15 bits per heavy atom. The number of rotatable bonds is 8. The summed E-state index contributed by atoms with van der Waals surface area (Å²) >= 11 is 0. The first kappa shape index (κ1) is 15.4. The van der Waals surface area contributed by atoms with Gasteiger partial charge in [-0.25, -0.2) is 0 Å². The quantitative estimate of drug-likeness (QED) is 0.775. The van der Waals surface area contributed by atoms with Gasteiger partial charge in [0.05, 0.1) is 6.61 Å². The zero-order chi connectivity index (χ0) is 14.4. The molecule has 2 atom stereocenters. The van der Waals surface area contributed by atoms with Crippen LogP contribution in [0.3, 0.4) is 0 Å². The normalized spacial score (nSPS) is 16.6. The van der Waals surface area contributed by atoms with E-state index in [-0.39, 0.29) is 0 Å². The molecule has 2 unspecified atom stereocenters. The Morgan fingerprint density at radius 1 is 1.30 bits per heavy atom. The van der Waals surface area contributed by atoms with Gasteiger partial charge in [-0.1, -0.05) is 39.3 Å². The summed E-state index contributed by atoms with van der Waals surface area (Å²) < 4.78 is 5.58. The minimum absolute atomic E-state index is 0.643. The Balaban J connectivity index is 1.91. The van der Waals surface area contributed by atoms with E-state index in [0.717, 1.165) is 31.2 Å². The molecule has 1 aliphatic heterocycles. The molecule has 1 aromatic rings. The molecule has 2 nitrogen and oxygen atoms in total. The zero-order valence-corrected chi connectivity index (χ0v) is 13.2. The highest BCUT2D eigenvalue weighted by Gasteiger charge is 2.16. The maximum atomic E-state index is 5.58. The maximum Gasteiger partial charge on any atom is 0.122 e. The van der Waals surface area contributed by atoms with Gasteiger partial charge in [0, 0.05) is 12.5 Å². The highest BCUT2D eigenvalue weighted by molar-refractivity contribution is 5.39. The molecule has 1 aliphatic rings. The molecule has 2 heteroatoms. The van der Waals surface area contributed by atoms with Crippen molar-refractivity contribution in [1.29, 1.82) is 0 Å². The van der Waals surface area contributed by atoms with Crippen molar-refractivity contribution in [2.75, 3.05) is 13.2 Å². The average molecular weight is 275 g/mol. The molecule has 0 saturated heterocycles. The Hall–Kier alpha value is -1.02. The van der Waals surface area contributed by atoms with Gasteiger partial charge in [0.1, 0.15) is 5.75 Å². The number of ether oxygens (including phenoxy) is 1. The summed E-state index contributed by atoms with van der Waals surface area (Å²) in [6, 6.07) is 7.37. The third-order valence-electron chi connectivity index (χ3n) is 4.49. The van der Waals surface area contributed by atoms with Gasteiger partial charge in [-0.15, -0.1) is 0 Å². The van der Waals surface area contributed by atoms with E-state index in [2.05, 4.69) is 44.3 Å². The predicted molar refractivity (Wildman–Crippen MR) is 85.5 cm³/mol. The molecule has 112 valence electrons. The number of nitrogens with one attached hydrogen (secondary N) is 1. The van der Waals surface area contributed by atoms with Crippen LogP contribution in [0.15, 0.2) is 18.2 Å². The van der Waals surface area contributed by atoms with Crippen molar-refractivity contribution in [3.63, 3.8) is 0 Å². The van der Waals surface area contributed by atoms with E-state index in [1.54, 1.807) is 0 Å². The van der Waals surface area contributed by atoms with Crippen LogP contribution in [-0.4, -0.2) is 19.2 Å². The Bertz CT molecular complexity index is 416. The number of fused-ring (bicyclic) bond motifs is 1. The highest BCUT2D eigenvalue weighted by atomic mass is 16.5. The largest absolute Gasteiger partial charge is 0.493 e. The van der Waals surface area contributed by atoms with Gasteiger partial charge >= 0.3 is 0 Å². The molecule has 0 fully saturated rings. The lowest BCUT2D eigenvalue weighted by Gasteiger charge is -2.24. The minimum atomic E-state index is 0.643. The fraction of sp³-hybridized carbons (Fsp3) is 0.667. The van der Waals surface area contributed by atoms with Crippen molar-refractivity contribution < 1.29 is 4.74 Å². The minimum Gasteiger partial charge on any atom is -0.493 e. The molecular formula is C18H29NO. The van der Waals surface area contributed by atoms with Crippen LogP contribution in [0.4, 0.5) is 0 Å². The second-order valence-electron chi connectivity index (χ2n) is 6.03. The van der Waals surface area contributed by atoms with Gasteiger partial charge in [0.2, 0.25) is 0 Å². The number of hydrogen-bond acceptors (Lipinski definition) is 2. The van der Waals surface area contributed by atoms with E-state index in [0.29, 0.717) is 6.04 Å². The maximum absolute atomic E-state index is 5.58. The van der Waals surface area contributed by atoms with E-state index in [4.69, 9.17) is 4.74 Å². The summed E-state index contributed by atoms with van der Waals surface area (Å²) in [5.74, 6) is 1.84. The van der Waals surface area contributed by atoms with E-state index >= 15 is 0 Å². The lowest BCUT2D eigenvalue weighted by atomic mass is 9.92. The summed E-state index contributed by atoms with van der Waals surface area (Å²) in [6.45, 7) is 8.88. The van der Waals surface area contributed by atoms with Crippen molar-refractivity contribution >= 4 is 0 Å². The van der Waals surface area contributed by atoms with Crippen molar-refractivity contribution in [3.8, 4) is 5.75 Å². The first-order valence-electron chi connectivity index (χ1n) is 8.22. The van der Waals surface area contributed by atoms with Gasteiger partial charge in [-0.2, -0.15) is 0 Å². The molecule has 0 bridgehead atoms. The molecule has 0 aliphatic carbocycles. The van der Waals surface area contributed by atoms with Crippen molar-refractivity contribution in [2.45, 2.75) is 58.9 Å². The second-order valence-corrected chi connectivity index (χ2v) is 6.03. The molecule has 2 rings (SSSR count). The highest BCUT2D eigenvalue weighted by Crippen LogP contribution is 2.26. The first-order valence-corrected chi connectivity index (χ1v) is 8.22. The summed E-state index contributed by atoms with van der Waals surface area (Å²) in [4.78, 5) is 0. The average Bonchev–Trinajstić information content (AvgIpc) is 2.94. The monoisotopic (exact) mass is 275 g/mol. The Morgan fingerprint density at radius 3 is 2.90 bits per heavy atom. The number of hydrogen-bond donors (Lipinski definition) is 1. The van der Waals surface area contributed by atoms with Crippen LogP contribution in [0.5, 0.6) is 5.75 Å². The third kappa shape index (κ3) is 3.99. The van der Waals surface area contributed by atoms with E-state index in [1.165, 1.54) is 36.8 Å². The zero-order valence-electron chi connectivity index (χ0n) is 13.2. The summed E-state index contributed by atoms with van der Waals surface area (Å²) in [6.07, 6.45) is 5.93. The van der Waals surface area contributed by atoms with Crippen LogP contribution in [0.25, 0.3) is 0 Å². The number of benzene rings is 1. The van der Waals surface area contributed by atoms with Crippen molar-refractivity contribution in [1.82, 2.24) is 5.32 Å². The van der Waals surface area contributed by atoms with Gasteiger partial charge in [-0.05, 0) is 48.9 Å². The second kappa shape index (κ2) is 7.68. The van der Waals surface area contributed by atoms with Crippen LogP contribution >= 0.6 is 0 Å². The Labute approximate surface area is 123 Å². The van der Waals surface area contributed by atoms with E-state index in [9.17, 15) is 0 Å². The Kier molecular flexibility index (Phi) is 5.90. The summed E-state index contributed by atoms with van der Waals surface area (Å²) in [5.41, 5.74) is 2.85. The van der Waals surface area contributed by atoms with Crippen LogP contribution in [0.2, 0.25) is 0 Å². The molecule has 0 radical (unpaired) electrons. The van der Waals surface area contributed by atoms with Gasteiger partial charge in [-0.3, -0.25) is 0 Å².